The van der Waals surface area contributed by atoms with Gasteiger partial charge in [0.25, 0.3) is 0 Å². The van der Waals surface area contributed by atoms with Crippen LogP contribution in [0.2, 0.25) is 0 Å². The Hall–Kier alpha value is -2.70. The Morgan fingerprint density at radius 2 is 2.14 bits per heavy atom. The number of carbonyl (C=O) groups is 2. The second-order valence-electron chi connectivity index (χ2n) is 4.86. The van der Waals surface area contributed by atoms with Crippen LogP contribution in [-0.4, -0.2) is 31.4 Å². The van der Waals surface area contributed by atoms with Crippen LogP contribution < -0.4 is 5.73 Å². The molecule has 0 saturated carbocycles. The number of aromatic nitrogens is 3. The summed E-state index contributed by atoms with van der Waals surface area (Å²) in [5.41, 5.74) is 6.68. The van der Waals surface area contributed by atoms with Gasteiger partial charge < -0.3 is 15.4 Å². The highest BCUT2D eigenvalue weighted by Gasteiger charge is 2.23. The van der Waals surface area contributed by atoms with Gasteiger partial charge in [0.05, 0.1) is 18.6 Å². The zero-order chi connectivity index (χ0) is 15.4. The van der Waals surface area contributed by atoms with Crippen LogP contribution in [-0.2, 0) is 22.6 Å². The largest absolute Gasteiger partial charge is 0.481 e. The molecule has 0 aliphatic carbocycles. The van der Waals surface area contributed by atoms with Crippen LogP contribution in [0, 0.1) is 0 Å². The number of aliphatic carboxylic acids is 1. The molecule has 21 heavy (non-hydrogen) atoms. The van der Waals surface area contributed by atoms with E-state index in [2.05, 4.69) is 9.97 Å². The topological polar surface area (TPSA) is 111 Å². The van der Waals surface area contributed by atoms with Crippen molar-refractivity contribution in [3.05, 3.63) is 42.1 Å². The Labute approximate surface area is 121 Å². The quantitative estimate of drug-likeness (QED) is 0.815. The van der Waals surface area contributed by atoms with E-state index >= 15 is 0 Å². The predicted molar refractivity (Wildman–Crippen MR) is 75.6 cm³/mol. The highest BCUT2D eigenvalue weighted by molar-refractivity contribution is 5.76. The molecule has 2 aromatic heterocycles. The molecular formula is C14H16N4O3. The van der Waals surface area contributed by atoms with Crippen molar-refractivity contribution in [1.82, 2.24) is 14.5 Å². The first kappa shape index (κ1) is 14.7. The zero-order valence-electron chi connectivity index (χ0n) is 11.6. The van der Waals surface area contributed by atoms with Gasteiger partial charge in [-0.2, -0.15) is 0 Å². The van der Waals surface area contributed by atoms with E-state index in [9.17, 15) is 14.7 Å². The summed E-state index contributed by atoms with van der Waals surface area (Å²) in [5, 5.41) is 9.37. The van der Waals surface area contributed by atoms with E-state index < -0.39 is 11.9 Å². The number of carboxylic acids is 1. The van der Waals surface area contributed by atoms with E-state index in [1.165, 1.54) is 13.3 Å². The molecular weight excluding hydrogens is 272 g/mol. The van der Waals surface area contributed by atoms with Crippen molar-refractivity contribution in [2.45, 2.75) is 25.8 Å². The number of nitrogens with zero attached hydrogens (tertiary/aromatic N) is 3. The Balaban J connectivity index is 2.18. The fourth-order valence-corrected chi connectivity index (χ4v) is 2.01. The monoisotopic (exact) mass is 288 g/mol. The number of hydrogen-bond donors (Lipinski definition) is 2. The molecule has 7 nitrogen and oxygen atoms in total. The van der Waals surface area contributed by atoms with Crippen molar-refractivity contribution < 1.29 is 14.7 Å². The SMILES string of the molecule is CC(=O)Cn1cnc(C(Cc2ccc(N)nc2)C(=O)O)c1. The minimum atomic E-state index is -0.972. The second kappa shape index (κ2) is 6.17. The Morgan fingerprint density at radius 1 is 1.38 bits per heavy atom. The van der Waals surface area contributed by atoms with Gasteiger partial charge in [0.1, 0.15) is 17.5 Å². The number of carboxylic acid groups (broad SMARTS) is 1. The van der Waals surface area contributed by atoms with E-state index in [1.54, 1.807) is 29.1 Å². The Kier molecular flexibility index (Phi) is 4.32. The van der Waals surface area contributed by atoms with E-state index in [-0.39, 0.29) is 18.7 Å². The van der Waals surface area contributed by atoms with E-state index in [0.717, 1.165) is 5.56 Å². The minimum absolute atomic E-state index is 0.0199. The molecule has 2 aromatic rings. The molecule has 2 heterocycles. The molecule has 2 rings (SSSR count). The summed E-state index contributed by atoms with van der Waals surface area (Å²) in [7, 11) is 0. The van der Waals surface area contributed by atoms with Crippen molar-refractivity contribution in [2.75, 3.05) is 5.73 Å². The highest BCUT2D eigenvalue weighted by Crippen LogP contribution is 2.20. The normalized spacial score (nSPS) is 12.0. The van der Waals surface area contributed by atoms with Gasteiger partial charge in [-0.15, -0.1) is 0 Å². The molecule has 3 N–H and O–H groups in total. The molecule has 0 aromatic carbocycles. The second-order valence-corrected chi connectivity index (χ2v) is 4.86. The van der Waals surface area contributed by atoms with E-state index in [1.807, 2.05) is 0 Å². The molecule has 0 radical (unpaired) electrons. The summed E-state index contributed by atoms with van der Waals surface area (Å²) in [6.07, 6.45) is 4.87. The summed E-state index contributed by atoms with van der Waals surface area (Å²) in [6, 6.07) is 3.37. The van der Waals surface area contributed by atoms with Gasteiger partial charge in [0, 0.05) is 12.4 Å². The van der Waals surface area contributed by atoms with Crippen LogP contribution >= 0.6 is 0 Å². The van der Waals surface area contributed by atoms with Crippen LogP contribution in [0.4, 0.5) is 5.82 Å². The molecule has 7 heteroatoms. The molecule has 0 bridgehead atoms. The summed E-state index contributed by atoms with van der Waals surface area (Å²) < 4.78 is 1.58. The molecule has 0 aliphatic heterocycles. The molecule has 1 atom stereocenters. The van der Waals surface area contributed by atoms with Crippen molar-refractivity contribution in [2.24, 2.45) is 0 Å². The molecule has 0 spiro atoms. The number of carbonyl (C=O) groups excluding carboxylic acids is 1. The number of anilines is 1. The van der Waals surface area contributed by atoms with E-state index in [4.69, 9.17) is 5.73 Å². The summed E-state index contributed by atoms with van der Waals surface area (Å²) in [5.74, 6) is -1.39. The maximum absolute atomic E-state index is 11.4. The third-order valence-corrected chi connectivity index (χ3v) is 3.00. The number of nitrogen functional groups attached to an aromatic ring is 1. The number of hydrogen-bond acceptors (Lipinski definition) is 5. The average molecular weight is 288 g/mol. The number of Topliss-reactive ketones (excluding diaryl/α,β-unsaturated/α-hetero) is 1. The first-order valence-electron chi connectivity index (χ1n) is 6.40. The fraction of sp³-hybridized carbons (Fsp3) is 0.286. The first-order chi connectivity index (χ1) is 9.95. The lowest BCUT2D eigenvalue weighted by atomic mass is 9.98. The van der Waals surface area contributed by atoms with Crippen LogP contribution in [0.1, 0.15) is 24.1 Å². The van der Waals surface area contributed by atoms with Crippen LogP contribution in [0.3, 0.4) is 0 Å². The number of pyridine rings is 1. The maximum Gasteiger partial charge on any atom is 0.312 e. The number of imidazole rings is 1. The standard InChI is InChI=1S/C14H16N4O3/c1-9(19)6-18-7-12(17-8-18)11(14(20)21)4-10-2-3-13(15)16-5-10/h2-3,5,7-8,11H,4,6H2,1H3,(H2,15,16)(H,20,21). The minimum Gasteiger partial charge on any atom is -0.481 e. The highest BCUT2D eigenvalue weighted by atomic mass is 16.4. The third kappa shape index (κ3) is 3.88. The number of rotatable bonds is 6. The fourth-order valence-electron chi connectivity index (χ4n) is 2.01. The van der Waals surface area contributed by atoms with Crippen LogP contribution in [0.15, 0.2) is 30.9 Å². The van der Waals surface area contributed by atoms with Gasteiger partial charge in [-0.1, -0.05) is 6.07 Å². The molecule has 0 fully saturated rings. The molecule has 0 saturated heterocycles. The van der Waals surface area contributed by atoms with Crippen molar-refractivity contribution in [3.8, 4) is 0 Å². The van der Waals surface area contributed by atoms with Crippen molar-refractivity contribution >= 4 is 17.6 Å². The van der Waals surface area contributed by atoms with Gasteiger partial charge in [-0.05, 0) is 25.0 Å². The number of nitrogens with two attached hydrogens (primary N) is 1. The lowest BCUT2D eigenvalue weighted by Gasteiger charge is -2.09. The van der Waals surface area contributed by atoms with Crippen molar-refractivity contribution in [3.63, 3.8) is 0 Å². The van der Waals surface area contributed by atoms with Gasteiger partial charge in [-0.25, -0.2) is 9.97 Å². The summed E-state index contributed by atoms with van der Waals surface area (Å²) in [4.78, 5) is 30.5. The zero-order valence-corrected chi connectivity index (χ0v) is 11.6. The Bertz CT molecular complexity index is 648. The first-order valence-corrected chi connectivity index (χ1v) is 6.40. The van der Waals surface area contributed by atoms with Crippen LogP contribution in [0.25, 0.3) is 0 Å². The Morgan fingerprint density at radius 3 is 2.71 bits per heavy atom. The molecule has 0 amide bonds. The molecule has 110 valence electrons. The van der Waals surface area contributed by atoms with Gasteiger partial charge in [0.2, 0.25) is 0 Å². The van der Waals surface area contributed by atoms with Gasteiger partial charge in [0.15, 0.2) is 0 Å². The van der Waals surface area contributed by atoms with Crippen LogP contribution in [0.5, 0.6) is 0 Å². The number of ketones is 1. The average Bonchev–Trinajstić information content (AvgIpc) is 2.85. The van der Waals surface area contributed by atoms with E-state index in [0.29, 0.717) is 11.5 Å². The lowest BCUT2D eigenvalue weighted by Crippen LogP contribution is -2.15. The summed E-state index contributed by atoms with van der Waals surface area (Å²) >= 11 is 0. The smallest absolute Gasteiger partial charge is 0.312 e. The maximum atomic E-state index is 11.4. The lowest BCUT2D eigenvalue weighted by molar-refractivity contribution is -0.138. The van der Waals surface area contributed by atoms with Gasteiger partial charge >= 0.3 is 5.97 Å². The van der Waals surface area contributed by atoms with Crippen molar-refractivity contribution in [1.29, 1.82) is 0 Å². The summed E-state index contributed by atoms with van der Waals surface area (Å²) in [6.45, 7) is 1.65. The van der Waals surface area contributed by atoms with Gasteiger partial charge in [-0.3, -0.25) is 9.59 Å². The molecule has 1 unspecified atom stereocenters. The molecule has 0 aliphatic rings. The third-order valence-electron chi connectivity index (χ3n) is 3.00. The predicted octanol–water partition coefficient (Wildman–Crippen LogP) is 0.860.